The number of carbonyl (C=O) groups is 1. The van der Waals surface area contributed by atoms with E-state index in [1.54, 1.807) is 18.2 Å². The minimum Gasteiger partial charge on any atom is -0.354 e. The van der Waals surface area contributed by atoms with Gasteiger partial charge in [0.2, 0.25) is 5.91 Å². The van der Waals surface area contributed by atoms with Gasteiger partial charge in [-0.05, 0) is 12.0 Å². The van der Waals surface area contributed by atoms with Crippen LogP contribution < -0.4 is 5.32 Å². The highest BCUT2D eigenvalue weighted by Gasteiger charge is 2.18. The van der Waals surface area contributed by atoms with Gasteiger partial charge in [-0.25, -0.2) is 0 Å². The van der Waals surface area contributed by atoms with Crippen LogP contribution in [0.4, 0.5) is 0 Å². The monoisotopic (exact) mass is 214 g/mol. The number of nitrogens with one attached hydrogen (secondary N) is 1. The molecule has 0 fully saturated rings. The molecular formula is C13H14N2O. The third-order valence-corrected chi connectivity index (χ3v) is 2.17. The summed E-state index contributed by atoms with van der Waals surface area (Å²) in [6.45, 7) is 4.09. The third-order valence-electron chi connectivity index (χ3n) is 2.17. The third kappa shape index (κ3) is 3.25. The standard InChI is InChI=1S/C13H14N2O/c1-2-3-9-15-13(16)12(10-14)11-7-5-4-6-8-11/h2,4-8,12H,1,3,9H2,(H,15,16). The Morgan fingerprint density at radius 1 is 1.50 bits per heavy atom. The number of amides is 1. The quantitative estimate of drug-likeness (QED) is 0.602. The van der Waals surface area contributed by atoms with Crippen molar-refractivity contribution in [2.24, 2.45) is 0 Å². The Bertz CT molecular complexity index is 392. The Kier molecular flexibility index (Phi) is 4.81. The highest BCUT2D eigenvalue weighted by atomic mass is 16.1. The van der Waals surface area contributed by atoms with Crippen molar-refractivity contribution in [3.05, 3.63) is 48.6 Å². The molecule has 3 nitrogen and oxygen atoms in total. The predicted molar refractivity (Wildman–Crippen MR) is 62.6 cm³/mol. The molecule has 0 bridgehead atoms. The molecule has 1 amide bonds. The lowest BCUT2D eigenvalue weighted by atomic mass is 10.00. The molecular weight excluding hydrogens is 200 g/mol. The van der Waals surface area contributed by atoms with E-state index >= 15 is 0 Å². The molecule has 0 aliphatic carbocycles. The van der Waals surface area contributed by atoms with E-state index in [4.69, 9.17) is 5.26 Å². The SMILES string of the molecule is C=CCCNC(=O)C(C#N)c1ccccc1. The topological polar surface area (TPSA) is 52.9 Å². The molecule has 0 saturated heterocycles. The van der Waals surface area contributed by atoms with Crippen LogP contribution in [0.2, 0.25) is 0 Å². The van der Waals surface area contributed by atoms with Crippen molar-refractivity contribution in [3.63, 3.8) is 0 Å². The summed E-state index contributed by atoms with van der Waals surface area (Å²) in [6.07, 6.45) is 2.43. The Hall–Kier alpha value is -2.08. The van der Waals surface area contributed by atoms with E-state index in [1.807, 2.05) is 24.3 Å². The average Bonchev–Trinajstić information content (AvgIpc) is 2.32. The van der Waals surface area contributed by atoms with Gasteiger partial charge in [0.15, 0.2) is 0 Å². The van der Waals surface area contributed by atoms with Gasteiger partial charge in [0.1, 0.15) is 5.92 Å². The van der Waals surface area contributed by atoms with Gasteiger partial charge in [-0.3, -0.25) is 4.79 Å². The fourth-order valence-electron chi connectivity index (χ4n) is 1.33. The van der Waals surface area contributed by atoms with E-state index in [-0.39, 0.29) is 5.91 Å². The van der Waals surface area contributed by atoms with E-state index < -0.39 is 5.92 Å². The second-order valence-electron chi connectivity index (χ2n) is 3.34. The normalized spacial score (nSPS) is 11.2. The second kappa shape index (κ2) is 6.41. The summed E-state index contributed by atoms with van der Waals surface area (Å²) < 4.78 is 0. The zero-order valence-electron chi connectivity index (χ0n) is 9.02. The number of benzene rings is 1. The van der Waals surface area contributed by atoms with E-state index in [0.29, 0.717) is 13.0 Å². The number of carbonyl (C=O) groups excluding carboxylic acids is 1. The molecule has 1 aromatic carbocycles. The first kappa shape index (κ1) is 12.0. The fourth-order valence-corrected chi connectivity index (χ4v) is 1.33. The molecule has 1 rings (SSSR count). The van der Waals surface area contributed by atoms with Crippen LogP contribution in [0.3, 0.4) is 0 Å². The molecule has 1 aromatic rings. The minimum absolute atomic E-state index is 0.254. The Morgan fingerprint density at radius 3 is 2.75 bits per heavy atom. The largest absolute Gasteiger partial charge is 0.354 e. The van der Waals surface area contributed by atoms with Gasteiger partial charge in [-0.15, -0.1) is 6.58 Å². The fraction of sp³-hybridized carbons (Fsp3) is 0.231. The summed E-state index contributed by atoms with van der Waals surface area (Å²) in [6, 6.07) is 11.1. The maximum Gasteiger partial charge on any atom is 0.241 e. The Balaban J connectivity index is 2.65. The predicted octanol–water partition coefficient (Wildman–Crippen LogP) is 1.99. The van der Waals surface area contributed by atoms with Crippen molar-refractivity contribution in [1.29, 1.82) is 5.26 Å². The van der Waals surface area contributed by atoms with Crippen LogP contribution in [0, 0.1) is 11.3 Å². The summed E-state index contributed by atoms with van der Waals surface area (Å²) in [4.78, 5) is 11.7. The molecule has 1 N–H and O–H groups in total. The molecule has 0 aliphatic heterocycles. The van der Waals surface area contributed by atoms with Crippen LogP contribution in [-0.2, 0) is 4.79 Å². The van der Waals surface area contributed by atoms with Gasteiger partial charge in [-0.1, -0.05) is 36.4 Å². The van der Waals surface area contributed by atoms with Crippen LogP contribution in [0.25, 0.3) is 0 Å². The zero-order valence-corrected chi connectivity index (χ0v) is 9.02. The first-order valence-corrected chi connectivity index (χ1v) is 5.12. The first-order valence-electron chi connectivity index (χ1n) is 5.12. The molecule has 1 atom stereocenters. The summed E-state index contributed by atoms with van der Waals surface area (Å²) in [5.41, 5.74) is 0.723. The smallest absolute Gasteiger partial charge is 0.241 e. The van der Waals surface area contributed by atoms with Crippen molar-refractivity contribution in [2.75, 3.05) is 6.54 Å². The summed E-state index contributed by atoms with van der Waals surface area (Å²) in [7, 11) is 0. The molecule has 0 aromatic heterocycles. The summed E-state index contributed by atoms with van der Waals surface area (Å²) in [5, 5.41) is 11.7. The Morgan fingerprint density at radius 2 is 2.19 bits per heavy atom. The molecule has 0 radical (unpaired) electrons. The van der Waals surface area contributed by atoms with E-state index in [1.165, 1.54) is 0 Å². The van der Waals surface area contributed by atoms with Crippen LogP contribution in [-0.4, -0.2) is 12.5 Å². The van der Waals surface area contributed by atoms with Crippen molar-refractivity contribution in [2.45, 2.75) is 12.3 Å². The van der Waals surface area contributed by atoms with Crippen LogP contribution >= 0.6 is 0 Å². The number of rotatable bonds is 5. The van der Waals surface area contributed by atoms with Gasteiger partial charge in [0.25, 0.3) is 0 Å². The highest BCUT2D eigenvalue weighted by molar-refractivity contribution is 5.86. The van der Waals surface area contributed by atoms with Crippen molar-refractivity contribution >= 4 is 5.91 Å². The van der Waals surface area contributed by atoms with E-state index in [0.717, 1.165) is 5.56 Å². The maximum atomic E-state index is 11.7. The first-order chi connectivity index (χ1) is 7.79. The van der Waals surface area contributed by atoms with Gasteiger partial charge < -0.3 is 5.32 Å². The van der Waals surface area contributed by atoms with E-state index in [9.17, 15) is 4.79 Å². The maximum absolute atomic E-state index is 11.7. The molecule has 3 heteroatoms. The molecule has 0 heterocycles. The molecule has 0 saturated carbocycles. The number of hydrogen-bond donors (Lipinski definition) is 1. The minimum atomic E-state index is -0.731. The highest BCUT2D eigenvalue weighted by Crippen LogP contribution is 2.14. The zero-order chi connectivity index (χ0) is 11.8. The summed E-state index contributed by atoms with van der Waals surface area (Å²) in [5.74, 6) is -0.985. The number of nitriles is 1. The molecule has 0 spiro atoms. The van der Waals surface area contributed by atoms with E-state index in [2.05, 4.69) is 11.9 Å². The van der Waals surface area contributed by atoms with Gasteiger partial charge in [0.05, 0.1) is 6.07 Å². The van der Waals surface area contributed by atoms with Crippen molar-refractivity contribution in [3.8, 4) is 6.07 Å². The average molecular weight is 214 g/mol. The van der Waals surface area contributed by atoms with Gasteiger partial charge in [0, 0.05) is 6.54 Å². The molecule has 1 unspecified atom stereocenters. The lowest BCUT2D eigenvalue weighted by Crippen LogP contribution is -2.29. The lowest BCUT2D eigenvalue weighted by Gasteiger charge is -2.09. The lowest BCUT2D eigenvalue weighted by molar-refractivity contribution is -0.121. The molecule has 16 heavy (non-hydrogen) atoms. The van der Waals surface area contributed by atoms with Crippen LogP contribution in [0.15, 0.2) is 43.0 Å². The second-order valence-corrected chi connectivity index (χ2v) is 3.34. The van der Waals surface area contributed by atoms with Crippen LogP contribution in [0.5, 0.6) is 0 Å². The van der Waals surface area contributed by atoms with Crippen molar-refractivity contribution in [1.82, 2.24) is 5.32 Å². The molecule has 82 valence electrons. The Labute approximate surface area is 95.4 Å². The number of hydrogen-bond acceptors (Lipinski definition) is 2. The van der Waals surface area contributed by atoms with Gasteiger partial charge >= 0.3 is 0 Å². The van der Waals surface area contributed by atoms with Crippen LogP contribution in [0.1, 0.15) is 17.9 Å². The van der Waals surface area contributed by atoms with Crippen molar-refractivity contribution < 1.29 is 4.79 Å². The summed E-state index contributed by atoms with van der Waals surface area (Å²) >= 11 is 0. The number of nitrogens with zero attached hydrogens (tertiary/aromatic N) is 1. The van der Waals surface area contributed by atoms with Gasteiger partial charge in [-0.2, -0.15) is 5.26 Å². The molecule has 0 aliphatic rings.